The van der Waals surface area contributed by atoms with Crippen molar-refractivity contribution in [2.75, 3.05) is 6.61 Å². The molecular weight excluding hydrogens is 184 g/mol. The van der Waals surface area contributed by atoms with Crippen molar-refractivity contribution in [3.8, 4) is 0 Å². The maximum Gasteiger partial charge on any atom is 0.306 e. The number of thiol groups is 1. The van der Waals surface area contributed by atoms with Crippen LogP contribution in [0.1, 0.15) is 33.1 Å². The highest BCUT2D eigenvalue weighted by Crippen LogP contribution is 2.01. The second-order valence-electron chi connectivity index (χ2n) is 2.94. The Morgan fingerprint density at radius 2 is 2.23 bits per heavy atom. The first-order valence-corrected chi connectivity index (χ1v) is 5.17. The Bertz CT molecular complexity index is 164. The molecule has 0 aliphatic carbocycles. The molecule has 2 nitrogen and oxygen atoms in total. The summed E-state index contributed by atoms with van der Waals surface area (Å²) in [4.78, 5) is 11.0. The van der Waals surface area contributed by atoms with Crippen molar-refractivity contribution in [2.45, 2.75) is 38.4 Å². The number of esters is 1. The van der Waals surface area contributed by atoms with Gasteiger partial charge in [-0.3, -0.25) is 4.79 Å². The van der Waals surface area contributed by atoms with Crippen LogP contribution in [0.15, 0.2) is 12.2 Å². The summed E-state index contributed by atoms with van der Waals surface area (Å²) in [5.74, 6) is -0.160. The quantitative estimate of drug-likeness (QED) is 0.310. The molecular formula is C10H18O2S. The van der Waals surface area contributed by atoms with Gasteiger partial charge in [0.25, 0.3) is 0 Å². The molecule has 0 aliphatic heterocycles. The fourth-order valence-electron chi connectivity index (χ4n) is 0.825. The number of carbonyl (C=O) groups is 1. The molecule has 0 fully saturated rings. The third-order valence-corrected chi connectivity index (χ3v) is 1.59. The van der Waals surface area contributed by atoms with E-state index in [4.69, 9.17) is 4.74 Å². The van der Waals surface area contributed by atoms with E-state index in [1.165, 1.54) is 0 Å². The zero-order chi connectivity index (χ0) is 10.1. The highest BCUT2D eigenvalue weighted by Gasteiger charge is 2.04. The van der Waals surface area contributed by atoms with E-state index in [0.717, 1.165) is 12.8 Å². The van der Waals surface area contributed by atoms with Gasteiger partial charge < -0.3 is 4.74 Å². The summed E-state index contributed by atoms with van der Waals surface area (Å²) >= 11 is 4.10. The van der Waals surface area contributed by atoms with Crippen molar-refractivity contribution in [3.05, 3.63) is 12.2 Å². The fraction of sp³-hybridized carbons (Fsp3) is 0.700. The fourth-order valence-corrected chi connectivity index (χ4v) is 0.975. The van der Waals surface area contributed by atoms with Crippen LogP contribution in [-0.2, 0) is 9.53 Å². The highest BCUT2D eigenvalue weighted by atomic mass is 32.1. The molecule has 0 amide bonds. The summed E-state index contributed by atoms with van der Waals surface area (Å²) in [5, 5.41) is 0.0821. The Kier molecular flexibility index (Phi) is 7.90. The van der Waals surface area contributed by atoms with Crippen LogP contribution >= 0.6 is 12.6 Å². The lowest BCUT2D eigenvalue weighted by Gasteiger charge is -2.04. The molecule has 0 aromatic heterocycles. The van der Waals surface area contributed by atoms with E-state index in [9.17, 15) is 4.79 Å². The van der Waals surface area contributed by atoms with E-state index in [1.54, 1.807) is 0 Å². The molecule has 0 heterocycles. The molecule has 1 unspecified atom stereocenters. The van der Waals surface area contributed by atoms with Crippen molar-refractivity contribution in [2.24, 2.45) is 0 Å². The Morgan fingerprint density at radius 1 is 1.54 bits per heavy atom. The summed E-state index contributed by atoms with van der Waals surface area (Å²) in [6.07, 6.45) is 6.31. The molecule has 13 heavy (non-hydrogen) atoms. The molecule has 0 N–H and O–H groups in total. The normalized spacial score (nSPS) is 13.2. The van der Waals surface area contributed by atoms with Crippen LogP contribution in [0.3, 0.4) is 0 Å². The van der Waals surface area contributed by atoms with E-state index in [0.29, 0.717) is 13.0 Å². The van der Waals surface area contributed by atoms with E-state index in [2.05, 4.69) is 25.6 Å². The third kappa shape index (κ3) is 9.47. The SMILES string of the molecule is CCC=CCCOC(=O)CC(C)S. The van der Waals surface area contributed by atoms with Crippen molar-refractivity contribution in [3.63, 3.8) is 0 Å². The second kappa shape index (κ2) is 8.17. The van der Waals surface area contributed by atoms with Gasteiger partial charge in [0.05, 0.1) is 13.0 Å². The van der Waals surface area contributed by atoms with Crippen molar-refractivity contribution in [1.29, 1.82) is 0 Å². The van der Waals surface area contributed by atoms with Gasteiger partial charge in [-0.1, -0.05) is 26.0 Å². The molecule has 0 spiro atoms. The van der Waals surface area contributed by atoms with Gasteiger partial charge in [0.2, 0.25) is 0 Å². The van der Waals surface area contributed by atoms with E-state index < -0.39 is 0 Å². The Morgan fingerprint density at radius 3 is 2.77 bits per heavy atom. The van der Waals surface area contributed by atoms with Crippen LogP contribution < -0.4 is 0 Å². The Hall–Kier alpha value is -0.440. The lowest BCUT2D eigenvalue weighted by molar-refractivity contribution is -0.143. The number of hydrogen-bond acceptors (Lipinski definition) is 3. The number of hydrogen-bond donors (Lipinski definition) is 1. The van der Waals surface area contributed by atoms with E-state index in [-0.39, 0.29) is 11.2 Å². The number of rotatable bonds is 6. The minimum atomic E-state index is -0.160. The lowest BCUT2D eigenvalue weighted by Crippen LogP contribution is -2.09. The van der Waals surface area contributed by atoms with Gasteiger partial charge in [-0.15, -0.1) is 0 Å². The molecule has 76 valence electrons. The molecule has 1 atom stereocenters. The van der Waals surface area contributed by atoms with Crippen LogP contribution in [0.25, 0.3) is 0 Å². The van der Waals surface area contributed by atoms with Gasteiger partial charge in [0.1, 0.15) is 0 Å². The standard InChI is InChI=1S/C10H18O2S/c1-3-4-5-6-7-12-10(11)8-9(2)13/h4-5,9,13H,3,6-8H2,1-2H3. The minimum absolute atomic E-state index is 0.0821. The number of allylic oxidation sites excluding steroid dienone is 1. The third-order valence-electron chi connectivity index (χ3n) is 1.41. The number of ether oxygens (including phenoxy) is 1. The van der Waals surface area contributed by atoms with Gasteiger partial charge in [0, 0.05) is 5.25 Å². The topological polar surface area (TPSA) is 26.3 Å². The first-order chi connectivity index (χ1) is 6.16. The maximum absolute atomic E-state index is 11.0. The minimum Gasteiger partial charge on any atom is -0.465 e. The summed E-state index contributed by atoms with van der Waals surface area (Å²) in [7, 11) is 0. The van der Waals surface area contributed by atoms with Crippen molar-refractivity contribution in [1.82, 2.24) is 0 Å². The predicted molar refractivity (Wildman–Crippen MR) is 58.1 cm³/mol. The summed E-state index contributed by atoms with van der Waals surface area (Å²) in [5.41, 5.74) is 0. The Labute approximate surface area is 85.8 Å². The average molecular weight is 202 g/mol. The van der Waals surface area contributed by atoms with Crippen LogP contribution in [0.5, 0.6) is 0 Å². The van der Waals surface area contributed by atoms with Gasteiger partial charge >= 0.3 is 5.97 Å². The van der Waals surface area contributed by atoms with E-state index >= 15 is 0 Å². The number of carbonyl (C=O) groups excluding carboxylic acids is 1. The zero-order valence-electron chi connectivity index (χ0n) is 8.32. The predicted octanol–water partition coefficient (Wildman–Crippen LogP) is 2.59. The van der Waals surface area contributed by atoms with Crippen molar-refractivity contribution >= 4 is 18.6 Å². The molecule has 0 saturated heterocycles. The molecule has 0 radical (unpaired) electrons. The van der Waals surface area contributed by atoms with Gasteiger partial charge in [-0.25, -0.2) is 0 Å². The van der Waals surface area contributed by atoms with Crippen LogP contribution in [0.4, 0.5) is 0 Å². The largest absolute Gasteiger partial charge is 0.465 e. The molecule has 0 bridgehead atoms. The molecule has 0 aliphatic rings. The highest BCUT2D eigenvalue weighted by molar-refractivity contribution is 7.80. The zero-order valence-corrected chi connectivity index (χ0v) is 9.22. The summed E-state index contributed by atoms with van der Waals surface area (Å²) < 4.78 is 4.96. The molecule has 0 rings (SSSR count). The van der Waals surface area contributed by atoms with Crippen LogP contribution in [0.2, 0.25) is 0 Å². The maximum atomic E-state index is 11.0. The average Bonchev–Trinajstić information content (AvgIpc) is 2.02. The molecule has 3 heteroatoms. The monoisotopic (exact) mass is 202 g/mol. The lowest BCUT2D eigenvalue weighted by atomic mass is 10.3. The molecule has 0 aromatic rings. The molecule has 0 aromatic carbocycles. The van der Waals surface area contributed by atoms with Gasteiger partial charge in [0.15, 0.2) is 0 Å². The first-order valence-electron chi connectivity index (χ1n) is 4.65. The Balaban J connectivity index is 3.32. The van der Waals surface area contributed by atoms with Gasteiger partial charge in [-0.05, 0) is 12.8 Å². The summed E-state index contributed by atoms with van der Waals surface area (Å²) in [6, 6.07) is 0. The smallest absolute Gasteiger partial charge is 0.306 e. The van der Waals surface area contributed by atoms with Crippen LogP contribution in [-0.4, -0.2) is 17.8 Å². The van der Waals surface area contributed by atoms with Crippen LogP contribution in [0, 0.1) is 0 Å². The summed E-state index contributed by atoms with van der Waals surface area (Å²) in [6.45, 7) is 4.43. The molecule has 0 saturated carbocycles. The second-order valence-corrected chi connectivity index (χ2v) is 3.82. The van der Waals surface area contributed by atoms with Crippen molar-refractivity contribution < 1.29 is 9.53 Å². The van der Waals surface area contributed by atoms with E-state index in [1.807, 2.05) is 13.0 Å². The first kappa shape index (κ1) is 12.6. The van der Waals surface area contributed by atoms with Gasteiger partial charge in [-0.2, -0.15) is 12.6 Å².